The first-order chi connectivity index (χ1) is 11.6. The predicted molar refractivity (Wildman–Crippen MR) is 87.1 cm³/mol. The number of rotatable bonds is 4. The highest BCUT2D eigenvalue weighted by molar-refractivity contribution is 5.91. The molecule has 1 aromatic heterocycles. The maximum atomic E-state index is 11.7. The van der Waals surface area contributed by atoms with E-state index < -0.39 is 10.9 Å². The van der Waals surface area contributed by atoms with Crippen LogP contribution in [0.4, 0.5) is 11.4 Å². The van der Waals surface area contributed by atoms with Gasteiger partial charge in [0.2, 0.25) is 0 Å². The Balaban J connectivity index is 1.83. The van der Waals surface area contributed by atoms with Crippen molar-refractivity contribution in [2.75, 3.05) is 25.1 Å². The fourth-order valence-electron chi connectivity index (χ4n) is 3.07. The maximum absolute atomic E-state index is 11.7. The lowest BCUT2D eigenvalue weighted by molar-refractivity contribution is -0.384. The Kier molecular flexibility index (Phi) is 4.45. The molecule has 1 aliphatic heterocycles. The summed E-state index contributed by atoms with van der Waals surface area (Å²) < 4.78 is 6.77. The second-order valence-corrected chi connectivity index (χ2v) is 5.68. The smallest absolute Gasteiger partial charge is 0.337 e. The molecule has 24 heavy (non-hydrogen) atoms. The van der Waals surface area contributed by atoms with Gasteiger partial charge in [-0.2, -0.15) is 0 Å². The summed E-state index contributed by atoms with van der Waals surface area (Å²) in [6, 6.07) is 4.67. The Bertz CT molecular complexity index is 737. The van der Waals surface area contributed by atoms with Crippen LogP contribution in [0.3, 0.4) is 0 Å². The molecule has 1 fully saturated rings. The Labute approximate surface area is 138 Å². The molecule has 1 aliphatic rings. The molecule has 2 heterocycles. The zero-order valence-electron chi connectivity index (χ0n) is 13.3. The summed E-state index contributed by atoms with van der Waals surface area (Å²) in [6.45, 7) is 1.35. The molecule has 0 spiro atoms. The summed E-state index contributed by atoms with van der Waals surface area (Å²) in [5.41, 5.74) is 0.783. The van der Waals surface area contributed by atoms with E-state index in [0.717, 1.165) is 12.8 Å². The fraction of sp³-hybridized carbons (Fsp3) is 0.375. The largest absolute Gasteiger partial charge is 0.465 e. The van der Waals surface area contributed by atoms with Gasteiger partial charge in [-0.25, -0.2) is 9.78 Å². The molecule has 0 atom stereocenters. The molecule has 1 saturated heterocycles. The number of methoxy groups -OCH3 is 1. The summed E-state index contributed by atoms with van der Waals surface area (Å²) in [6.07, 6.45) is 7.18. The number of nitro benzene ring substituents is 1. The van der Waals surface area contributed by atoms with E-state index in [1.165, 1.54) is 19.2 Å². The van der Waals surface area contributed by atoms with Crippen molar-refractivity contribution < 1.29 is 14.5 Å². The number of hydrogen-bond acceptors (Lipinski definition) is 6. The third-order valence-corrected chi connectivity index (χ3v) is 4.34. The van der Waals surface area contributed by atoms with E-state index in [9.17, 15) is 14.9 Å². The molecule has 126 valence electrons. The fourth-order valence-corrected chi connectivity index (χ4v) is 3.07. The SMILES string of the molecule is COC(=O)c1ccc([N+](=O)[O-])c(N2CCC(n3ccnc3)CC2)c1. The molecule has 0 amide bonds. The summed E-state index contributed by atoms with van der Waals surface area (Å²) >= 11 is 0. The maximum Gasteiger partial charge on any atom is 0.337 e. The molecular weight excluding hydrogens is 312 g/mol. The number of imidazole rings is 1. The van der Waals surface area contributed by atoms with Crippen LogP contribution in [0.2, 0.25) is 0 Å². The normalized spacial score (nSPS) is 15.3. The second-order valence-electron chi connectivity index (χ2n) is 5.68. The first kappa shape index (κ1) is 16.0. The minimum atomic E-state index is -0.501. The molecule has 0 N–H and O–H groups in total. The van der Waals surface area contributed by atoms with E-state index in [2.05, 4.69) is 9.55 Å². The van der Waals surface area contributed by atoms with E-state index in [4.69, 9.17) is 4.74 Å². The Morgan fingerprint density at radius 2 is 2.12 bits per heavy atom. The summed E-state index contributed by atoms with van der Waals surface area (Å²) in [5.74, 6) is -0.501. The third kappa shape index (κ3) is 3.08. The summed E-state index contributed by atoms with van der Waals surface area (Å²) in [7, 11) is 1.29. The van der Waals surface area contributed by atoms with Crippen molar-refractivity contribution in [2.45, 2.75) is 18.9 Å². The van der Waals surface area contributed by atoms with Gasteiger partial charge in [0.05, 0.1) is 23.9 Å². The number of ether oxygens (including phenoxy) is 1. The van der Waals surface area contributed by atoms with Gasteiger partial charge >= 0.3 is 5.97 Å². The quantitative estimate of drug-likeness (QED) is 0.486. The van der Waals surface area contributed by atoms with Crippen LogP contribution in [-0.4, -0.2) is 40.6 Å². The lowest BCUT2D eigenvalue weighted by Crippen LogP contribution is -2.34. The van der Waals surface area contributed by atoms with Gasteiger partial charge in [-0.05, 0) is 25.0 Å². The monoisotopic (exact) mass is 330 g/mol. The molecule has 8 heteroatoms. The van der Waals surface area contributed by atoms with Crippen molar-refractivity contribution in [1.82, 2.24) is 9.55 Å². The van der Waals surface area contributed by atoms with Crippen molar-refractivity contribution in [3.05, 3.63) is 52.6 Å². The molecule has 3 rings (SSSR count). The van der Waals surface area contributed by atoms with Crippen LogP contribution in [0.1, 0.15) is 29.2 Å². The van der Waals surface area contributed by atoms with Gasteiger partial charge in [0, 0.05) is 37.6 Å². The first-order valence-electron chi connectivity index (χ1n) is 7.69. The number of esters is 1. The highest BCUT2D eigenvalue weighted by Gasteiger charge is 2.26. The minimum absolute atomic E-state index is 0.00346. The van der Waals surface area contributed by atoms with Crippen LogP contribution >= 0.6 is 0 Å². The molecule has 0 unspecified atom stereocenters. The van der Waals surface area contributed by atoms with Crippen LogP contribution < -0.4 is 4.90 Å². The molecule has 0 radical (unpaired) electrons. The average Bonchev–Trinajstić information content (AvgIpc) is 3.15. The van der Waals surface area contributed by atoms with Gasteiger partial charge in [-0.1, -0.05) is 0 Å². The van der Waals surface area contributed by atoms with Gasteiger partial charge in [0.25, 0.3) is 5.69 Å². The van der Waals surface area contributed by atoms with Crippen LogP contribution in [0.5, 0.6) is 0 Å². The molecule has 0 bridgehead atoms. The highest BCUT2D eigenvalue weighted by Crippen LogP contribution is 2.33. The van der Waals surface area contributed by atoms with Crippen LogP contribution in [0, 0.1) is 10.1 Å². The standard InChI is InChI=1S/C16H18N4O4/c1-24-16(21)12-2-3-14(20(22)23)15(10-12)18-7-4-13(5-8-18)19-9-6-17-11-19/h2-3,6,9-11,13H,4-5,7-8H2,1H3. The molecule has 0 saturated carbocycles. The number of anilines is 1. The number of carbonyl (C=O) groups excluding carboxylic acids is 1. The van der Waals surface area contributed by atoms with Crippen molar-refractivity contribution in [3.63, 3.8) is 0 Å². The zero-order valence-corrected chi connectivity index (χ0v) is 13.3. The number of aromatic nitrogens is 2. The zero-order chi connectivity index (χ0) is 17.1. The van der Waals surface area contributed by atoms with Crippen molar-refractivity contribution in [2.24, 2.45) is 0 Å². The van der Waals surface area contributed by atoms with Crippen LogP contribution in [-0.2, 0) is 4.74 Å². The number of hydrogen-bond donors (Lipinski definition) is 0. The second kappa shape index (κ2) is 6.69. The number of nitro groups is 1. The van der Waals surface area contributed by atoms with Crippen molar-refractivity contribution in [1.29, 1.82) is 0 Å². The van der Waals surface area contributed by atoms with Gasteiger partial charge in [0.15, 0.2) is 0 Å². The van der Waals surface area contributed by atoms with E-state index in [0.29, 0.717) is 30.4 Å². The third-order valence-electron chi connectivity index (χ3n) is 4.34. The summed E-state index contributed by atoms with van der Waals surface area (Å²) in [4.78, 5) is 28.6. The van der Waals surface area contributed by atoms with Gasteiger partial charge in [-0.15, -0.1) is 0 Å². The van der Waals surface area contributed by atoms with E-state index in [1.807, 2.05) is 11.1 Å². The number of carbonyl (C=O) groups is 1. The molecule has 1 aromatic carbocycles. The lowest BCUT2D eigenvalue weighted by Gasteiger charge is -2.33. The average molecular weight is 330 g/mol. The minimum Gasteiger partial charge on any atom is -0.465 e. The first-order valence-corrected chi connectivity index (χ1v) is 7.69. The molecule has 0 aliphatic carbocycles. The van der Waals surface area contributed by atoms with E-state index in [1.54, 1.807) is 18.6 Å². The topological polar surface area (TPSA) is 90.5 Å². The van der Waals surface area contributed by atoms with Crippen LogP contribution in [0.25, 0.3) is 0 Å². The Morgan fingerprint density at radius 1 is 1.38 bits per heavy atom. The van der Waals surface area contributed by atoms with Gasteiger partial charge < -0.3 is 14.2 Å². The number of piperidine rings is 1. The number of benzene rings is 1. The van der Waals surface area contributed by atoms with E-state index >= 15 is 0 Å². The lowest BCUT2D eigenvalue weighted by atomic mass is 10.0. The molecule has 8 nitrogen and oxygen atoms in total. The predicted octanol–water partition coefficient (Wildman–Crippen LogP) is 2.42. The Hall–Kier alpha value is -2.90. The van der Waals surface area contributed by atoms with Crippen molar-refractivity contribution >= 4 is 17.3 Å². The van der Waals surface area contributed by atoms with Gasteiger partial charge in [0.1, 0.15) is 5.69 Å². The number of nitrogens with zero attached hydrogens (tertiary/aromatic N) is 4. The van der Waals surface area contributed by atoms with E-state index in [-0.39, 0.29) is 5.69 Å². The van der Waals surface area contributed by atoms with Crippen molar-refractivity contribution in [3.8, 4) is 0 Å². The van der Waals surface area contributed by atoms with Gasteiger partial charge in [-0.3, -0.25) is 10.1 Å². The highest BCUT2D eigenvalue weighted by atomic mass is 16.6. The Morgan fingerprint density at radius 3 is 2.71 bits per heavy atom. The molecule has 2 aromatic rings. The molecular formula is C16H18N4O4. The van der Waals surface area contributed by atoms with Crippen LogP contribution in [0.15, 0.2) is 36.9 Å². The summed E-state index contributed by atoms with van der Waals surface area (Å²) in [5, 5.41) is 11.3.